The zero-order chi connectivity index (χ0) is 38.5. The molecular weight excluding hydrogens is 687 g/mol. The van der Waals surface area contributed by atoms with Gasteiger partial charge in [-0.15, -0.1) is 0 Å². The van der Waals surface area contributed by atoms with E-state index in [0.717, 1.165) is 17.1 Å². The van der Waals surface area contributed by atoms with Crippen LogP contribution in [0.25, 0.3) is 76.1 Å². The Morgan fingerprint density at radius 2 is 0.895 bits per heavy atom. The maximum atomic E-state index is 2.44. The molecule has 0 radical (unpaired) electrons. The third-order valence-electron chi connectivity index (χ3n) is 13.6. The number of rotatable bonds is 5. The minimum atomic E-state index is -0.0510. The van der Waals surface area contributed by atoms with E-state index in [4.69, 9.17) is 0 Å². The molecule has 10 aromatic carbocycles. The van der Waals surface area contributed by atoms with Crippen molar-refractivity contribution in [3.05, 3.63) is 199 Å². The molecule has 0 aliphatic heterocycles. The van der Waals surface area contributed by atoms with Gasteiger partial charge in [0.15, 0.2) is 0 Å². The van der Waals surface area contributed by atoms with Crippen molar-refractivity contribution in [2.75, 3.05) is 4.90 Å². The Morgan fingerprint density at radius 1 is 0.333 bits per heavy atom. The van der Waals surface area contributed by atoms with Crippen molar-refractivity contribution in [1.82, 2.24) is 0 Å². The lowest BCUT2D eigenvalue weighted by atomic mass is 9.56. The maximum absolute atomic E-state index is 2.44. The van der Waals surface area contributed by atoms with Gasteiger partial charge in [0.05, 0.1) is 5.69 Å². The molecule has 0 fully saturated rings. The molecule has 1 nitrogen and oxygen atoms in total. The lowest BCUT2D eigenvalue weighted by molar-refractivity contribution is 0.304. The molecule has 10 aromatic rings. The van der Waals surface area contributed by atoms with Crippen LogP contribution in [0.1, 0.15) is 38.8 Å². The van der Waals surface area contributed by atoms with E-state index in [1.165, 1.54) is 87.2 Å². The smallest absolute Gasteiger partial charge is 0.0540 e. The standard InChI is InChI=1S/C56H43N/c1-55(2)50-26-15-16-36-28-31-48-46(32-33-51(56(55,3)4)54(48)53(36)50)47-25-12-13-27-52(47)57(39-18-6-5-7-19-39)40-20-14-17-37(34-40)38-29-30-45-43-23-9-8-21-41(43)42-22-10-11-24-44(42)49(45)35-38/h5-35H,1-4H3. The first kappa shape index (κ1) is 33.6. The Morgan fingerprint density at radius 3 is 1.63 bits per heavy atom. The molecule has 1 aliphatic rings. The Kier molecular flexibility index (Phi) is 7.32. The topological polar surface area (TPSA) is 3.24 Å². The highest BCUT2D eigenvalue weighted by Crippen LogP contribution is 2.55. The Hall–Kier alpha value is -6.70. The van der Waals surface area contributed by atoms with Crippen molar-refractivity contribution in [3.63, 3.8) is 0 Å². The summed E-state index contributed by atoms with van der Waals surface area (Å²) in [6.07, 6.45) is 0. The quantitative estimate of drug-likeness (QED) is 0.159. The van der Waals surface area contributed by atoms with Crippen LogP contribution < -0.4 is 4.90 Å². The number of nitrogens with zero attached hydrogens (tertiary/aromatic N) is 1. The van der Waals surface area contributed by atoms with E-state index in [2.05, 4.69) is 221 Å². The second-order valence-electron chi connectivity index (χ2n) is 16.9. The summed E-state index contributed by atoms with van der Waals surface area (Å²) < 4.78 is 0. The summed E-state index contributed by atoms with van der Waals surface area (Å²) in [5.74, 6) is 0. The summed E-state index contributed by atoms with van der Waals surface area (Å²) in [5.41, 5.74) is 11.0. The molecule has 57 heavy (non-hydrogen) atoms. The molecule has 0 bridgehead atoms. The lowest BCUT2D eigenvalue weighted by Gasteiger charge is -2.47. The van der Waals surface area contributed by atoms with Crippen LogP contribution in [-0.2, 0) is 10.8 Å². The van der Waals surface area contributed by atoms with Crippen molar-refractivity contribution in [1.29, 1.82) is 0 Å². The first-order valence-corrected chi connectivity index (χ1v) is 20.2. The molecule has 1 aliphatic carbocycles. The fourth-order valence-electron chi connectivity index (χ4n) is 9.99. The average molecular weight is 730 g/mol. The van der Waals surface area contributed by atoms with E-state index in [0.29, 0.717) is 0 Å². The van der Waals surface area contributed by atoms with E-state index in [-0.39, 0.29) is 10.8 Å². The number of benzene rings is 10. The number of fused-ring (bicyclic) bond motifs is 6. The third kappa shape index (κ3) is 4.88. The summed E-state index contributed by atoms with van der Waals surface area (Å²) in [6.45, 7) is 9.68. The van der Waals surface area contributed by atoms with Crippen LogP contribution in [0.3, 0.4) is 0 Å². The van der Waals surface area contributed by atoms with Crippen molar-refractivity contribution >= 4 is 70.9 Å². The van der Waals surface area contributed by atoms with Crippen LogP contribution in [0.2, 0.25) is 0 Å². The van der Waals surface area contributed by atoms with Crippen molar-refractivity contribution < 1.29 is 0 Å². The summed E-state index contributed by atoms with van der Waals surface area (Å²) in [4.78, 5) is 2.44. The molecule has 0 amide bonds. The predicted octanol–water partition coefficient (Wildman–Crippen LogP) is 15.8. The van der Waals surface area contributed by atoms with E-state index < -0.39 is 0 Å². The number of hydrogen-bond acceptors (Lipinski definition) is 1. The SMILES string of the molecule is CC1(C)c2cccc3ccc4c(-c5ccccc5N(c5ccccc5)c5cccc(-c6ccc7c8ccccc8c8ccccc8c7c6)c5)ccc(c4c23)C1(C)C. The highest BCUT2D eigenvalue weighted by Gasteiger charge is 2.45. The van der Waals surface area contributed by atoms with Crippen molar-refractivity contribution in [3.8, 4) is 22.3 Å². The zero-order valence-electron chi connectivity index (χ0n) is 32.8. The molecule has 0 N–H and O–H groups in total. The van der Waals surface area contributed by atoms with Crippen LogP contribution >= 0.6 is 0 Å². The van der Waals surface area contributed by atoms with Gasteiger partial charge in [-0.1, -0.05) is 179 Å². The van der Waals surface area contributed by atoms with Gasteiger partial charge in [0, 0.05) is 16.9 Å². The molecule has 11 rings (SSSR count). The highest BCUT2D eigenvalue weighted by atomic mass is 15.1. The lowest BCUT2D eigenvalue weighted by Crippen LogP contribution is -2.42. The Labute approximate surface area is 334 Å². The monoisotopic (exact) mass is 729 g/mol. The molecule has 272 valence electrons. The van der Waals surface area contributed by atoms with Crippen molar-refractivity contribution in [2.45, 2.75) is 38.5 Å². The van der Waals surface area contributed by atoms with Gasteiger partial charge >= 0.3 is 0 Å². The fourth-order valence-corrected chi connectivity index (χ4v) is 9.99. The first-order valence-electron chi connectivity index (χ1n) is 20.2. The molecular formula is C56H43N. The minimum Gasteiger partial charge on any atom is -0.310 e. The first-order chi connectivity index (χ1) is 27.8. The van der Waals surface area contributed by atoms with Gasteiger partial charge in [0.25, 0.3) is 0 Å². The summed E-state index contributed by atoms with van der Waals surface area (Å²) in [6, 6.07) is 69.9. The van der Waals surface area contributed by atoms with Crippen LogP contribution in [0.4, 0.5) is 17.1 Å². The number of anilines is 3. The van der Waals surface area contributed by atoms with Gasteiger partial charge in [-0.3, -0.25) is 0 Å². The highest BCUT2D eigenvalue weighted by molar-refractivity contribution is 6.26. The molecule has 1 heteroatoms. The molecule has 0 atom stereocenters. The van der Waals surface area contributed by atoms with Crippen LogP contribution in [0, 0.1) is 0 Å². The van der Waals surface area contributed by atoms with Crippen molar-refractivity contribution in [2.24, 2.45) is 0 Å². The second kappa shape index (κ2) is 12.4. The molecule has 0 saturated heterocycles. The molecule has 0 unspecified atom stereocenters. The van der Waals surface area contributed by atoms with Crippen LogP contribution in [0.5, 0.6) is 0 Å². The predicted molar refractivity (Wildman–Crippen MR) is 246 cm³/mol. The molecule has 0 saturated carbocycles. The average Bonchev–Trinajstić information content (AvgIpc) is 3.26. The third-order valence-corrected chi connectivity index (χ3v) is 13.6. The summed E-state index contributed by atoms with van der Waals surface area (Å²) in [7, 11) is 0. The molecule has 0 aromatic heterocycles. The number of para-hydroxylation sites is 2. The van der Waals surface area contributed by atoms with Gasteiger partial charge < -0.3 is 4.90 Å². The van der Waals surface area contributed by atoms with E-state index in [1.807, 2.05) is 0 Å². The molecule has 0 heterocycles. The fraction of sp³-hybridized carbons (Fsp3) is 0.107. The Bertz CT molecular complexity index is 3200. The summed E-state index contributed by atoms with van der Waals surface area (Å²) >= 11 is 0. The normalized spacial score (nSPS) is 14.2. The summed E-state index contributed by atoms with van der Waals surface area (Å²) in [5, 5.41) is 13.2. The van der Waals surface area contributed by atoms with E-state index in [9.17, 15) is 0 Å². The van der Waals surface area contributed by atoms with Crippen LogP contribution in [0.15, 0.2) is 188 Å². The van der Waals surface area contributed by atoms with E-state index >= 15 is 0 Å². The largest absolute Gasteiger partial charge is 0.310 e. The zero-order valence-corrected chi connectivity index (χ0v) is 32.8. The minimum absolute atomic E-state index is 0.0196. The number of hydrogen-bond donors (Lipinski definition) is 0. The van der Waals surface area contributed by atoms with Gasteiger partial charge in [0.1, 0.15) is 0 Å². The van der Waals surface area contributed by atoms with Gasteiger partial charge in [-0.2, -0.15) is 0 Å². The molecule has 0 spiro atoms. The van der Waals surface area contributed by atoms with Gasteiger partial charge in [0.2, 0.25) is 0 Å². The second-order valence-corrected chi connectivity index (χ2v) is 16.9. The van der Waals surface area contributed by atoms with E-state index in [1.54, 1.807) is 0 Å². The Balaban J connectivity index is 1.11. The maximum Gasteiger partial charge on any atom is 0.0540 e. The van der Waals surface area contributed by atoms with Gasteiger partial charge in [-0.25, -0.2) is 0 Å². The van der Waals surface area contributed by atoms with Crippen LogP contribution in [-0.4, -0.2) is 0 Å². The van der Waals surface area contributed by atoms with Gasteiger partial charge in [-0.05, 0) is 129 Å².